The van der Waals surface area contributed by atoms with E-state index in [1.165, 1.54) is 53.4 Å². The number of nitrogens with zero attached hydrogens (tertiary/aromatic N) is 1. The van der Waals surface area contributed by atoms with Crippen molar-refractivity contribution in [1.29, 1.82) is 0 Å². The minimum Gasteiger partial charge on any atom is -0.495 e. The van der Waals surface area contributed by atoms with Crippen LogP contribution in [0.3, 0.4) is 0 Å². The van der Waals surface area contributed by atoms with E-state index >= 15 is 0 Å². The highest BCUT2D eigenvalue weighted by atomic mass is 32.2. The molecule has 0 aliphatic carbocycles. The van der Waals surface area contributed by atoms with E-state index in [1.54, 1.807) is 0 Å². The van der Waals surface area contributed by atoms with Crippen LogP contribution < -0.4 is 10.1 Å². The fraction of sp³-hybridized carbons (Fsp3) is 0.150. The lowest BCUT2D eigenvalue weighted by Crippen LogP contribution is -2.15. The van der Waals surface area contributed by atoms with Crippen molar-refractivity contribution in [2.24, 2.45) is 0 Å². The predicted molar refractivity (Wildman–Crippen MR) is 108 cm³/mol. The third kappa shape index (κ3) is 4.57. The molecule has 0 saturated carbocycles. The molecule has 3 rings (SSSR count). The number of anilines is 1. The van der Waals surface area contributed by atoms with Gasteiger partial charge in [0.15, 0.2) is 0 Å². The van der Waals surface area contributed by atoms with E-state index in [0.29, 0.717) is 17.2 Å². The van der Waals surface area contributed by atoms with Crippen LogP contribution in [0.15, 0.2) is 60.7 Å². The molecule has 6 nitrogen and oxygen atoms in total. The first-order valence-corrected chi connectivity index (χ1v) is 9.40. The van der Waals surface area contributed by atoms with Gasteiger partial charge in [0.25, 0.3) is 5.69 Å². The first-order chi connectivity index (χ1) is 13.1. The molecule has 0 atom stereocenters. The fourth-order valence-corrected chi connectivity index (χ4v) is 3.60. The summed E-state index contributed by atoms with van der Waals surface area (Å²) in [5.41, 5.74) is 1.36. The molecule has 0 fully saturated rings. The molecular formula is C20H18N2O4S. The largest absolute Gasteiger partial charge is 0.495 e. The quantitative estimate of drug-likeness (QED) is 0.476. The van der Waals surface area contributed by atoms with Crippen LogP contribution in [0.2, 0.25) is 0 Å². The number of nitro benzene ring substituents is 1. The normalized spacial score (nSPS) is 10.6. The second kappa shape index (κ2) is 8.55. The maximum absolute atomic E-state index is 12.3. The van der Waals surface area contributed by atoms with E-state index in [9.17, 15) is 14.9 Å². The van der Waals surface area contributed by atoms with Crippen LogP contribution in [-0.4, -0.2) is 23.7 Å². The molecule has 27 heavy (non-hydrogen) atoms. The average Bonchev–Trinajstić information content (AvgIpc) is 2.68. The van der Waals surface area contributed by atoms with Gasteiger partial charge in [0, 0.05) is 17.9 Å². The van der Waals surface area contributed by atoms with Crippen LogP contribution in [-0.2, 0) is 10.5 Å². The number of nitrogens with one attached hydrogen (secondary N) is 1. The van der Waals surface area contributed by atoms with Crippen LogP contribution >= 0.6 is 11.8 Å². The lowest BCUT2D eigenvalue weighted by molar-refractivity contribution is -0.384. The lowest BCUT2D eigenvalue weighted by Gasteiger charge is -2.10. The number of nitro groups is 1. The Hall–Kier alpha value is -3.06. The molecule has 0 saturated heterocycles. The first-order valence-electron chi connectivity index (χ1n) is 8.25. The Morgan fingerprint density at radius 2 is 1.93 bits per heavy atom. The Labute approximate surface area is 160 Å². The summed E-state index contributed by atoms with van der Waals surface area (Å²) < 4.78 is 5.16. The van der Waals surface area contributed by atoms with E-state index in [4.69, 9.17) is 4.74 Å². The van der Waals surface area contributed by atoms with Crippen LogP contribution in [0.4, 0.5) is 11.4 Å². The topological polar surface area (TPSA) is 81.5 Å². The molecule has 0 heterocycles. The monoisotopic (exact) mass is 382 g/mol. The van der Waals surface area contributed by atoms with Gasteiger partial charge < -0.3 is 10.1 Å². The number of ether oxygens (including phenoxy) is 1. The van der Waals surface area contributed by atoms with E-state index in [1.807, 2.05) is 18.2 Å². The first kappa shape index (κ1) is 18.7. The number of hydrogen-bond donors (Lipinski definition) is 1. The summed E-state index contributed by atoms with van der Waals surface area (Å²) in [5.74, 6) is 1.07. The van der Waals surface area contributed by atoms with Crippen molar-refractivity contribution < 1.29 is 14.5 Å². The van der Waals surface area contributed by atoms with Gasteiger partial charge >= 0.3 is 0 Å². The molecule has 138 valence electrons. The molecule has 1 N–H and O–H groups in total. The number of hydrogen-bond acceptors (Lipinski definition) is 5. The Bertz CT molecular complexity index is 985. The summed E-state index contributed by atoms with van der Waals surface area (Å²) in [6, 6.07) is 18.3. The van der Waals surface area contributed by atoms with E-state index in [-0.39, 0.29) is 17.3 Å². The molecule has 0 unspecified atom stereocenters. The molecule has 1 amide bonds. The number of non-ortho nitro benzene ring substituents is 1. The number of carbonyl (C=O) groups is 1. The molecule has 3 aromatic carbocycles. The second-order valence-electron chi connectivity index (χ2n) is 5.82. The standard InChI is InChI=1S/C20H18N2O4S/c1-26-19-10-9-16(22(24)25)11-18(19)21-20(23)13-27-12-15-7-4-6-14-5-2-3-8-17(14)15/h2-11H,12-13H2,1H3,(H,21,23). The van der Waals surface area contributed by atoms with Crippen molar-refractivity contribution in [2.45, 2.75) is 5.75 Å². The van der Waals surface area contributed by atoms with Gasteiger partial charge in [-0.15, -0.1) is 11.8 Å². The summed E-state index contributed by atoms with van der Waals surface area (Å²) in [4.78, 5) is 22.7. The molecule has 7 heteroatoms. The van der Waals surface area contributed by atoms with Gasteiger partial charge in [0.05, 0.1) is 23.5 Å². The molecular weight excluding hydrogens is 364 g/mol. The fourth-order valence-electron chi connectivity index (χ4n) is 2.77. The van der Waals surface area contributed by atoms with Gasteiger partial charge in [0.2, 0.25) is 5.91 Å². The molecule has 0 radical (unpaired) electrons. The van der Waals surface area contributed by atoms with Crippen molar-refractivity contribution in [2.75, 3.05) is 18.2 Å². The van der Waals surface area contributed by atoms with Crippen LogP contribution in [0.5, 0.6) is 5.75 Å². The van der Waals surface area contributed by atoms with Gasteiger partial charge in [-0.3, -0.25) is 14.9 Å². The zero-order chi connectivity index (χ0) is 19.2. The molecule has 3 aromatic rings. The third-order valence-electron chi connectivity index (χ3n) is 4.04. The summed E-state index contributed by atoms with van der Waals surface area (Å²) in [6.07, 6.45) is 0. The highest BCUT2D eigenvalue weighted by Gasteiger charge is 2.14. The average molecular weight is 382 g/mol. The summed E-state index contributed by atoms with van der Waals surface area (Å²) in [5, 5.41) is 16.0. The molecule has 0 aliphatic rings. The van der Waals surface area contributed by atoms with Gasteiger partial charge in [-0.05, 0) is 22.4 Å². The predicted octanol–water partition coefficient (Wildman–Crippen LogP) is 4.63. The number of thioether (sulfide) groups is 1. The molecule has 0 spiro atoms. The number of benzene rings is 3. The summed E-state index contributed by atoms with van der Waals surface area (Å²) in [7, 11) is 1.45. The number of fused-ring (bicyclic) bond motifs is 1. The van der Waals surface area contributed by atoms with Crippen molar-refractivity contribution >= 4 is 39.8 Å². The molecule has 0 aromatic heterocycles. The van der Waals surface area contributed by atoms with Gasteiger partial charge in [0.1, 0.15) is 5.75 Å². The van der Waals surface area contributed by atoms with Gasteiger partial charge in [-0.1, -0.05) is 42.5 Å². The third-order valence-corrected chi connectivity index (χ3v) is 5.02. The Morgan fingerprint density at radius 1 is 1.15 bits per heavy atom. The highest BCUT2D eigenvalue weighted by molar-refractivity contribution is 7.99. The highest BCUT2D eigenvalue weighted by Crippen LogP contribution is 2.29. The molecule has 0 aliphatic heterocycles. The SMILES string of the molecule is COc1ccc([N+](=O)[O-])cc1NC(=O)CSCc1cccc2ccccc12. The van der Waals surface area contributed by atoms with Crippen molar-refractivity contribution in [3.05, 3.63) is 76.3 Å². The number of carbonyl (C=O) groups excluding carboxylic acids is 1. The van der Waals surface area contributed by atoms with Gasteiger partial charge in [-0.2, -0.15) is 0 Å². The lowest BCUT2D eigenvalue weighted by atomic mass is 10.1. The van der Waals surface area contributed by atoms with Crippen molar-refractivity contribution in [3.8, 4) is 5.75 Å². The Morgan fingerprint density at radius 3 is 2.70 bits per heavy atom. The van der Waals surface area contributed by atoms with E-state index < -0.39 is 4.92 Å². The number of rotatable bonds is 7. The Balaban J connectivity index is 1.63. The van der Waals surface area contributed by atoms with E-state index in [0.717, 1.165) is 0 Å². The zero-order valence-corrected chi connectivity index (χ0v) is 15.5. The number of methoxy groups -OCH3 is 1. The minimum atomic E-state index is -0.510. The van der Waals surface area contributed by atoms with Crippen LogP contribution in [0, 0.1) is 10.1 Å². The zero-order valence-electron chi connectivity index (χ0n) is 14.7. The van der Waals surface area contributed by atoms with Gasteiger partial charge in [-0.25, -0.2) is 0 Å². The summed E-state index contributed by atoms with van der Waals surface area (Å²) >= 11 is 1.49. The maximum atomic E-state index is 12.3. The van der Waals surface area contributed by atoms with Crippen LogP contribution in [0.25, 0.3) is 10.8 Å². The maximum Gasteiger partial charge on any atom is 0.271 e. The van der Waals surface area contributed by atoms with E-state index in [2.05, 4.69) is 29.6 Å². The van der Waals surface area contributed by atoms with Crippen molar-refractivity contribution in [3.63, 3.8) is 0 Å². The van der Waals surface area contributed by atoms with Crippen LogP contribution in [0.1, 0.15) is 5.56 Å². The minimum absolute atomic E-state index is 0.102. The Kier molecular flexibility index (Phi) is 5.93. The number of amides is 1. The second-order valence-corrected chi connectivity index (χ2v) is 6.81. The smallest absolute Gasteiger partial charge is 0.271 e. The van der Waals surface area contributed by atoms with Crippen molar-refractivity contribution in [1.82, 2.24) is 0 Å². The molecule has 0 bridgehead atoms. The summed E-state index contributed by atoms with van der Waals surface area (Å²) in [6.45, 7) is 0.